The Bertz CT molecular complexity index is 572. The number of halogens is 1. The van der Waals surface area contributed by atoms with Crippen LogP contribution >= 0.6 is 23.7 Å². The second kappa shape index (κ2) is 6.49. The molecule has 19 heavy (non-hydrogen) atoms. The van der Waals surface area contributed by atoms with Crippen molar-refractivity contribution < 1.29 is 4.79 Å². The molecule has 2 heterocycles. The highest BCUT2D eigenvalue weighted by Gasteiger charge is 2.14. The predicted octanol–water partition coefficient (Wildman–Crippen LogP) is 2.34. The van der Waals surface area contributed by atoms with Crippen LogP contribution < -0.4 is 11.1 Å². The van der Waals surface area contributed by atoms with Gasteiger partial charge >= 0.3 is 0 Å². The van der Waals surface area contributed by atoms with Crippen molar-refractivity contribution in [2.24, 2.45) is 0 Å². The monoisotopic (exact) mass is 298 g/mol. The highest BCUT2D eigenvalue weighted by atomic mass is 35.5. The van der Waals surface area contributed by atoms with Crippen LogP contribution in [-0.4, -0.2) is 15.9 Å². The molecule has 1 atom stereocenters. The van der Waals surface area contributed by atoms with Gasteiger partial charge in [-0.05, 0) is 26.0 Å². The Morgan fingerprint density at radius 3 is 2.74 bits per heavy atom. The van der Waals surface area contributed by atoms with E-state index in [1.807, 2.05) is 19.2 Å². The quantitative estimate of drug-likeness (QED) is 0.911. The highest BCUT2D eigenvalue weighted by Crippen LogP contribution is 2.17. The lowest BCUT2D eigenvalue weighted by Crippen LogP contribution is -2.27. The zero-order valence-electron chi connectivity index (χ0n) is 10.6. The summed E-state index contributed by atoms with van der Waals surface area (Å²) >= 11 is 1.53. The van der Waals surface area contributed by atoms with E-state index in [2.05, 4.69) is 15.3 Å². The fraction of sp³-hybridized carbons (Fsp3) is 0.250. The first-order chi connectivity index (χ1) is 8.56. The van der Waals surface area contributed by atoms with E-state index in [-0.39, 0.29) is 24.4 Å². The Labute approximate surface area is 121 Å². The molecule has 0 radical (unpaired) electrons. The molecule has 2 aromatic heterocycles. The third kappa shape index (κ3) is 3.90. The lowest BCUT2D eigenvalue weighted by molar-refractivity contribution is 0.0935. The Balaban J connectivity index is 0.00000180. The Morgan fingerprint density at radius 2 is 2.16 bits per heavy atom. The Hall–Kier alpha value is -1.66. The van der Waals surface area contributed by atoms with Gasteiger partial charge in [0.1, 0.15) is 16.5 Å². The van der Waals surface area contributed by atoms with Gasteiger partial charge in [-0.3, -0.25) is 4.79 Å². The summed E-state index contributed by atoms with van der Waals surface area (Å²) in [6.07, 6.45) is 0. The molecule has 0 spiro atoms. The third-order valence-electron chi connectivity index (χ3n) is 2.36. The minimum atomic E-state index is -0.248. The molecule has 5 nitrogen and oxygen atoms in total. The van der Waals surface area contributed by atoms with Crippen LogP contribution in [0.1, 0.15) is 34.2 Å². The normalized spacial score (nSPS) is 11.5. The van der Waals surface area contributed by atoms with Gasteiger partial charge in [-0.25, -0.2) is 9.97 Å². The lowest BCUT2D eigenvalue weighted by atomic mass is 10.3. The molecule has 7 heteroatoms. The molecule has 0 aromatic carbocycles. The number of nitrogen functional groups attached to an aromatic ring is 1. The summed E-state index contributed by atoms with van der Waals surface area (Å²) < 4.78 is 0. The fourth-order valence-electron chi connectivity index (χ4n) is 1.48. The van der Waals surface area contributed by atoms with Gasteiger partial charge in [-0.15, -0.1) is 23.7 Å². The van der Waals surface area contributed by atoms with Crippen LogP contribution in [0.15, 0.2) is 23.6 Å². The molecule has 0 fully saturated rings. The van der Waals surface area contributed by atoms with Crippen molar-refractivity contribution in [3.8, 4) is 0 Å². The molecule has 2 rings (SSSR count). The van der Waals surface area contributed by atoms with Gasteiger partial charge in [-0.2, -0.15) is 0 Å². The van der Waals surface area contributed by atoms with Crippen LogP contribution in [0.4, 0.5) is 5.82 Å². The molecule has 2 aromatic rings. The first-order valence-corrected chi connectivity index (χ1v) is 6.39. The molecule has 0 aliphatic rings. The van der Waals surface area contributed by atoms with E-state index in [1.54, 1.807) is 18.2 Å². The number of nitrogens with one attached hydrogen (secondary N) is 1. The molecule has 0 aliphatic heterocycles. The first-order valence-electron chi connectivity index (χ1n) is 5.51. The molecule has 0 bridgehead atoms. The number of rotatable bonds is 3. The zero-order valence-corrected chi connectivity index (χ0v) is 12.2. The van der Waals surface area contributed by atoms with Crippen LogP contribution in [0.25, 0.3) is 0 Å². The number of aromatic nitrogens is 2. The minimum absolute atomic E-state index is 0. The molecule has 102 valence electrons. The largest absolute Gasteiger partial charge is 0.384 e. The maximum Gasteiger partial charge on any atom is 0.270 e. The van der Waals surface area contributed by atoms with Crippen molar-refractivity contribution in [3.63, 3.8) is 0 Å². The van der Waals surface area contributed by atoms with Crippen molar-refractivity contribution in [1.82, 2.24) is 15.3 Å². The summed E-state index contributed by atoms with van der Waals surface area (Å²) in [5, 5.41) is 5.68. The minimum Gasteiger partial charge on any atom is -0.384 e. The highest BCUT2D eigenvalue weighted by molar-refractivity contribution is 7.09. The summed E-state index contributed by atoms with van der Waals surface area (Å²) in [7, 11) is 0. The SMILES string of the molecule is Cc1csc(C(C)NC(=O)c2cccc(N)n2)n1.Cl. The van der Waals surface area contributed by atoms with Gasteiger partial charge < -0.3 is 11.1 Å². The predicted molar refractivity (Wildman–Crippen MR) is 78.6 cm³/mol. The molecular weight excluding hydrogens is 284 g/mol. The molecule has 1 amide bonds. The second-order valence-corrected chi connectivity index (χ2v) is 4.86. The van der Waals surface area contributed by atoms with E-state index in [4.69, 9.17) is 5.73 Å². The summed E-state index contributed by atoms with van der Waals surface area (Å²) in [5.74, 6) is 0.0862. The third-order valence-corrected chi connectivity index (χ3v) is 3.50. The lowest BCUT2D eigenvalue weighted by Gasteiger charge is -2.10. The summed E-state index contributed by atoms with van der Waals surface area (Å²) in [5.41, 5.74) is 6.81. The van der Waals surface area contributed by atoms with Crippen molar-refractivity contribution in [1.29, 1.82) is 0 Å². The van der Waals surface area contributed by atoms with E-state index in [1.165, 1.54) is 11.3 Å². The number of nitrogens with two attached hydrogens (primary N) is 1. The van der Waals surface area contributed by atoms with E-state index in [9.17, 15) is 4.79 Å². The maximum absolute atomic E-state index is 11.9. The number of amides is 1. The number of pyridine rings is 1. The smallest absolute Gasteiger partial charge is 0.270 e. The number of carbonyl (C=O) groups is 1. The van der Waals surface area contributed by atoms with Crippen LogP contribution in [0.2, 0.25) is 0 Å². The van der Waals surface area contributed by atoms with E-state index >= 15 is 0 Å². The molecular formula is C12H15ClN4OS. The van der Waals surface area contributed by atoms with Crippen LogP contribution in [0, 0.1) is 6.92 Å². The summed E-state index contributed by atoms with van der Waals surface area (Å²) in [6, 6.07) is 4.84. The van der Waals surface area contributed by atoms with Crippen molar-refractivity contribution in [2.45, 2.75) is 19.9 Å². The fourth-order valence-corrected chi connectivity index (χ4v) is 2.29. The molecule has 1 unspecified atom stereocenters. The van der Waals surface area contributed by atoms with Crippen molar-refractivity contribution >= 4 is 35.5 Å². The standard InChI is InChI=1S/C12H14N4OS.ClH/c1-7-6-18-12(14-7)8(2)15-11(17)9-4-3-5-10(13)16-9;/h3-6,8H,1-2H3,(H2,13,16)(H,15,17);1H. The van der Waals surface area contributed by atoms with Gasteiger partial charge in [0.05, 0.1) is 6.04 Å². The molecule has 0 saturated heterocycles. The molecule has 0 aliphatic carbocycles. The number of nitrogens with zero attached hydrogens (tertiary/aromatic N) is 2. The number of hydrogen-bond acceptors (Lipinski definition) is 5. The maximum atomic E-state index is 11.9. The zero-order chi connectivity index (χ0) is 13.1. The Kier molecular flexibility index (Phi) is 5.26. The average Bonchev–Trinajstić information content (AvgIpc) is 2.76. The van der Waals surface area contributed by atoms with Gasteiger partial charge in [0, 0.05) is 11.1 Å². The van der Waals surface area contributed by atoms with Crippen molar-refractivity contribution in [2.75, 3.05) is 5.73 Å². The van der Waals surface area contributed by atoms with Crippen LogP contribution in [0.3, 0.4) is 0 Å². The molecule has 0 saturated carbocycles. The summed E-state index contributed by atoms with van der Waals surface area (Å²) in [6.45, 7) is 3.82. The van der Waals surface area contributed by atoms with Crippen LogP contribution in [0.5, 0.6) is 0 Å². The number of carbonyl (C=O) groups excluding carboxylic acids is 1. The number of thiazole rings is 1. The van der Waals surface area contributed by atoms with Gasteiger partial charge in [0.15, 0.2) is 0 Å². The summed E-state index contributed by atoms with van der Waals surface area (Å²) in [4.78, 5) is 20.2. The number of hydrogen-bond donors (Lipinski definition) is 2. The van der Waals surface area contributed by atoms with Crippen LogP contribution in [-0.2, 0) is 0 Å². The van der Waals surface area contributed by atoms with Gasteiger partial charge in [-0.1, -0.05) is 6.07 Å². The topological polar surface area (TPSA) is 80.9 Å². The second-order valence-electron chi connectivity index (χ2n) is 3.97. The van der Waals surface area contributed by atoms with Crippen molar-refractivity contribution in [3.05, 3.63) is 40.0 Å². The number of anilines is 1. The van der Waals surface area contributed by atoms with E-state index < -0.39 is 0 Å². The molecule has 3 N–H and O–H groups in total. The van der Waals surface area contributed by atoms with E-state index in [0.29, 0.717) is 11.5 Å². The first kappa shape index (κ1) is 15.4. The van der Waals surface area contributed by atoms with E-state index in [0.717, 1.165) is 10.7 Å². The van der Waals surface area contributed by atoms with Gasteiger partial charge in [0.25, 0.3) is 5.91 Å². The van der Waals surface area contributed by atoms with Gasteiger partial charge in [0.2, 0.25) is 0 Å². The number of aryl methyl sites for hydroxylation is 1. The Morgan fingerprint density at radius 1 is 1.42 bits per heavy atom. The average molecular weight is 299 g/mol.